The molecule has 2 rings (SSSR count). The van der Waals surface area contributed by atoms with E-state index in [-0.39, 0.29) is 0 Å². The van der Waals surface area contributed by atoms with E-state index in [9.17, 15) is 0 Å². The van der Waals surface area contributed by atoms with Crippen LogP contribution in [-0.4, -0.2) is 20.1 Å². The summed E-state index contributed by atoms with van der Waals surface area (Å²) in [6, 6.07) is 6.00. The van der Waals surface area contributed by atoms with Gasteiger partial charge in [0.25, 0.3) is 0 Å². The minimum atomic E-state index is 0.319. The van der Waals surface area contributed by atoms with E-state index in [1.54, 1.807) is 13.3 Å². The van der Waals surface area contributed by atoms with Gasteiger partial charge in [-0.05, 0) is 30.0 Å². The van der Waals surface area contributed by atoms with Crippen LogP contribution in [0.4, 0.5) is 0 Å². The van der Waals surface area contributed by atoms with Gasteiger partial charge in [0, 0.05) is 6.21 Å². The third-order valence-corrected chi connectivity index (χ3v) is 2.42. The molecule has 1 aromatic rings. The van der Waals surface area contributed by atoms with Gasteiger partial charge in [-0.15, -0.1) is 0 Å². The molecule has 1 aliphatic rings. The highest BCUT2D eigenvalue weighted by molar-refractivity contribution is 5.60. The maximum absolute atomic E-state index is 5.32. The summed E-state index contributed by atoms with van der Waals surface area (Å²) in [4.78, 5) is 4.65. The van der Waals surface area contributed by atoms with E-state index in [1.807, 2.05) is 18.2 Å². The van der Waals surface area contributed by atoms with E-state index >= 15 is 0 Å². The van der Waals surface area contributed by atoms with E-state index in [0.29, 0.717) is 12.7 Å². The number of benzene rings is 1. The topological polar surface area (TPSA) is 40.0 Å². The summed E-state index contributed by atoms with van der Waals surface area (Å²) in [5.74, 6) is 1.98. The predicted octanol–water partition coefficient (Wildman–Crippen LogP) is 2.23. The maximum atomic E-state index is 5.32. The minimum absolute atomic E-state index is 0.319. The van der Waals surface area contributed by atoms with E-state index in [0.717, 1.165) is 17.9 Å². The summed E-state index contributed by atoms with van der Waals surface area (Å²) in [5, 5.41) is 3.76. The van der Waals surface area contributed by atoms with Crippen LogP contribution in [0.25, 0.3) is 0 Å². The lowest BCUT2D eigenvalue weighted by Crippen LogP contribution is -2.01. The smallest absolute Gasteiger partial charge is 0.231 e. The van der Waals surface area contributed by atoms with Gasteiger partial charge in [0.15, 0.2) is 11.5 Å². The average Bonchev–Trinajstić information content (AvgIpc) is 2.73. The first-order valence-electron chi connectivity index (χ1n) is 5.25. The molecule has 86 valence electrons. The van der Waals surface area contributed by atoms with Crippen LogP contribution >= 0.6 is 0 Å². The van der Waals surface area contributed by atoms with Crippen LogP contribution in [0.3, 0.4) is 0 Å². The molecular weight excluding hydrogens is 206 g/mol. The van der Waals surface area contributed by atoms with Crippen LogP contribution in [-0.2, 0) is 11.3 Å². The summed E-state index contributed by atoms with van der Waals surface area (Å²) < 4.78 is 10.6. The molecular formula is C12H15NO3. The van der Waals surface area contributed by atoms with Crippen LogP contribution in [0.15, 0.2) is 23.4 Å². The number of hydrogen-bond acceptors (Lipinski definition) is 4. The lowest BCUT2D eigenvalue weighted by molar-refractivity contribution is 0.174. The molecule has 4 nitrogen and oxygen atoms in total. The van der Waals surface area contributed by atoms with E-state index in [2.05, 4.69) is 16.9 Å². The fourth-order valence-electron chi connectivity index (χ4n) is 1.66. The van der Waals surface area contributed by atoms with Crippen LogP contribution < -0.4 is 9.47 Å². The Kier molecular flexibility index (Phi) is 3.29. The lowest BCUT2D eigenvalue weighted by Gasteiger charge is -2.06. The van der Waals surface area contributed by atoms with Crippen molar-refractivity contribution in [1.82, 2.24) is 0 Å². The van der Waals surface area contributed by atoms with Crippen molar-refractivity contribution in [2.24, 2.45) is 11.1 Å². The summed E-state index contributed by atoms with van der Waals surface area (Å²) in [6.45, 7) is 2.41. The second kappa shape index (κ2) is 4.88. The zero-order valence-electron chi connectivity index (χ0n) is 9.47. The first-order chi connectivity index (χ1) is 7.79. The zero-order valence-corrected chi connectivity index (χ0v) is 9.47. The molecule has 0 amide bonds. The van der Waals surface area contributed by atoms with Gasteiger partial charge >= 0.3 is 0 Å². The van der Waals surface area contributed by atoms with Crippen molar-refractivity contribution in [3.05, 3.63) is 23.8 Å². The van der Waals surface area contributed by atoms with Crippen molar-refractivity contribution >= 4 is 6.21 Å². The lowest BCUT2D eigenvalue weighted by atomic mass is 10.0. The first-order valence-corrected chi connectivity index (χ1v) is 5.25. The minimum Gasteiger partial charge on any atom is -0.454 e. The highest BCUT2D eigenvalue weighted by atomic mass is 16.7. The average molecular weight is 221 g/mol. The molecule has 1 unspecified atom stereocenters. The molecule has 1 aromatic carbocycles. The highest BCUT2D eigenvalue weighted by Crippen LogP contribution is 2.32. The van der Waals surface area contributed by atoms with Crippen molar-refractivity contribution in [3.63, 3.8) is 0 Å². The monoisotopic (exact) mass is 221 g/mol. The fourth-order valence-corrected chi connectivity index (χ4v) is 1.66. The zero-order chi connectivity index (χ0) is 11.4. The van der Waals surface area contributed by atoms with Gasteiger partial charge in [-0.3, -0.25) is 0 Å². The van der Waals surface area contributed by atoms with Gasteiger partial charge < -0.3 is 14.3 Å². The molecule has 0 bridgehead atoms. The molecule has 1 heterocycles. The normalized spacial score (nSPS) is 15.4. The predicted molar refractivity (Wildman–Crippen MR) is 60.9 cm³/mol. The Morgan fingerprint density at radius 2 is 2.25 bits per heavy atom. The van der Waals surface area contributed by atoms with Crippen molar-refractivity contribution in [2.75, 3.05) is 13.9 Å². The third-order valence-electron chi connectivity index (χ3n) is 2.42. The Morgan fingerprint density at radius 1 is 1.44 bits per heavy atom. The quantitative estimate of drug-likeness (QED) is 0.578. The van der Waals surface area contributed by atoms with Gasteiger partial charge in [-0.1, -0.05) is 18.1 Å². The summed E-state index contributed by atoms with van der Waals surface area (Å²) in [7, 11) is 1.55. The SMILES string of the molecule is CO/N=C\C(C)Cc1ccc2c(c1)OCO2. The molecule has 0 saturated heterocycles. The molecule has 4 heteroatoms. The largest absolute Gasteiger partial charge is 0.454 e. The fraction of sp³-hybridized carbons (Fsp3) is 0.417. The van der Waals surface area contributed by atoms with Crippen molar-refractivity contribution in [3.8, 4) is 11.5 Å². The van der Waals surface area contributed by atoms with Crippen LogP contribution in [0, 0.1) is 5.92 Å². The van der Waals surface area contributed by atoms with Crippen molar-refractivity contribution in [2.45, 2.75) is 13.3 Å². The highest BCUT2D eigenvalue weighted by Gasteiger charge is 2.13. The van der Waals surface area contributed by atoms with Gasteiger partial charge in [-0.25, -0.2) is 0 Å². The summed E-state index contributed by atoms with van der Waals surface area (Å²) in [5.41, 5.74) is 1.21. The Balaban J connectivity index is 2.02. The molecule has 0 saturated carbocycles. The van der Waals surface area contributed by atoms with Crippen molar-refractivity contribution in [1.29, 1.82) is 0 Å². The third kappa shape index (κ3) is 2.45. The Labute approximate surface area is 94.8 Å². The molecule has 0 aliphatic carbocycles. The van der Waals surface area contributed by atoms with Gasteiger partial charge in [-0.2, -0.15) is 0 Å². The first kappa shape index (κ1) is 10.8. The summed E-state index contributed by atoms with van der Waals surface area (Å²) >= 11 is 0. The van der Waals surface area contributed by atoms with Gasteiger partial charge in [0.05, 0.1) is 0 Å². The molecule has 0 N–H and O–H groups in total. The Bertz CT molecular complexity index is 390. The molecule has 0 spiro atoms. The molecule has 0 radical (unpaired) electrons. The van der Waals surface area contributed by atoms with Crippen LogP contribution in [0.2, 0.25) is 0 Å². The number of nitrogens with zero attached hydrogens (tertiary/aromatic N) is 1. The number of oxime groups is 1. The molecule has 0 fully saturated rings. The van der Waals surface area contributed by atoms with Gasteiger partial charge in [0.1, 0.15) is 7.11 Å². The summed E-state index contributed by atoms with van der Waals surface area (Å²) in [6.07, 6.45) is 2.70. The number of ether oxygens (including phenoxy) is 2. The van der Waals surface area contributed by atoms with Crippen LogP contribution in [0.1, 0.15) is 12.5 Å². The number of hydrogen-bond donors (Lipinski definition) is 0. The molecule has 1 aliphatic heterocycles. The maximum Gasteiger partial charge on any atom is 0.231 e. The second-order valence-electron chi connectivity index (χ2n) is 3.81. The van der Waals surface area contributed by atoms with Crippen LogP contribution in [0.5, 0.6) is 11.5 Å². The van der Waals surface area contributed by atoms with E-state index in [4.69, 9.17) is 9.47 Å². The number of fused-ring (bicyclic) bond motifs is 1. The second-order valence-corrected chi connectivity index (χ2v) is 3.81. The molecule has 16 heavy (non-hydrogen) atoms. The number of rotatable bonds is 4. The standard InChI is InChI=1S/C12H15NO3/c1-9(7-13-14-2)5-10-3-4-11-12(6-10)16-8-15-11/h3-4,6-7,9H,5,8H2,1-2H3/b13-7-. The molecule has 0 aromatic heterocycles. The Hall–Kier alpha value is -1.71. The van der Waals surface area contributed by atoms with E-state index in [1.165, 1.54) is 5.56 Å². The van der Waals surface area contributed by atoms with Crippen molar-refractivity contribution < 1.29 is 14.3 Å². The van der Waals surface area contributed by atoms with Gasteiger partial charge in [0.2, 0.25) is 6.79 Å². The Morgan fingerprint density at radius 3 is 3.06 bits per heavy atom. The van der Waals surface area contributed by atoms with E-state index < -0.39 is 0 Å². The molecule has 1 atom stereocenters.